The number of ether oxygens (including phenoxy) is 2. The van der Waals surface area contributed by atoms with E-state index in [2.05, 4.69) is 11.9 Å². The first-order chi connectivity index (χ1) is 8.69. The molecule has 1 saturated heterocycles. The van der Waals surface area contributed by atoms with Crippen molar-refractivity contribution in [1.29, 1.82) is 0 Å². The fourth-order valence-corrected chi connectivity index (χ4v) is 3.11. The van der Waals surface area contributed by atoms with E-state index >= 15 is 0 Å². The summed E-state index contributed by atoms with van der Waals surface area (Å²) in [6.07, 6.45) is 1.05. The molecule has 2 unspecified atom stereocenters. The van der Waals surface area contributed by atoms with Gasteiger partial charge in [0, 0.05) is 23.7 Å². The maximum atomic E-state index is 6.35. The van der Waals surface area contributed by atoms with Crippen molar-refractivity contribution in [3.05, 3.63) is 22.7 Å². The van der Waals surface area contributed by atoms with Crippen molar-refractivity contribution in [1.82, 2.24) is 4.90 Å². The van der Waals surface area contributed by atoms with E-state index in [0.29, 0.717) is 12.0 Å². The Bertz CT molecular complexity index is 467. The van der Waals surface area contributed by atoms with Crippen molar-refractivity contribution in [2.24, 2.45) is 11.7 Å². The van der Waals surface area contributed by atoms with Gasteiger partial charge in [-0.25, -0.2) is 0 Å². The van der Waals surface area contributed by atoms with Crippen LogP contribution < -0.4 is 15.2 Å². The van der Waals surface area contributed by atoms with Gasteiger partial charge >= 0.3 is 0 Å². The summed E-state index contributed by atoms with van der Waals surface area (Å²) in [5.41, 5.74) is 6.87. The van der Waals surface area contributed by atoms with Gasteiger partial charge < -0.3 is 15.2 Å². The summed E-state index contributed by atoms with van der Waals surface area (Å²) in [6, 6.07) is 4.17. The van der Waals surface area contributed by atoms with E-state index in [1.54, 1.807) is 0 Å². The molecule has 98 valence electrons. The quantitative estimate of drug-likeness (QED) is 0.892. The highest BCUT2D eigenvalue weighted by Gasteiger charge is 2.32. The second-order valence-corrected chi connectivity index (χ2v) is 5.43. The van der Waals surface area contributed by atoms with Crippen LogP contribution in [0.1, 0.15) is 18.0 Å². The molecular formula is C13H17ClN2O2. The minimum atomic E-state index is 0.279. The average Bonchev–Trinajstić information content (AvgIpc) is 2.93. The first-order valence-corrected chi connectivity index (χ1v) is 6.56. The van der Waals surface area contributed by atoms with Crippen molar-refractivity contribution in [3.8, 4) is 11.5 Å². The number of nitrogens with two attached hydrogens (primary N) is 1. The van der Waals surface area contributed by atoms with Gasteiger partial charge in [0.25, 0.3) is 0 Å². The SMILES string of the molecule is CN1CC(CN)CC1c1cc2c(cc1Cl)OCO2. The second-order valence-electron chi connectivity index (χ2n) is 5.02. The van der Waals surface area contributed by atoms with Gasteiger partial charge in [-0.3, -0.25) is 4.90 Å². The zero-order valence-electron chi connectivity index (χ0n) is 10.4. The number of fused-ring (bicyclic) bond motifs is 1. The van der Waals surface area contributed by atoms with Gasteiger partial charge in [0.15, 0.2) is 11.5 Å². The normalized spacial score (nSPS) is 26.8. The first-order valence-electron chi connectivity index (χ1n) is 6.18. The van der Waals surface area contributed by atoms with Crippen LogP contribution in [0.25, 0.3) is 0 Å². The van der Waals surface area contributed by atoms with Crippen LogP contribution in [0.15, 0.2) is 12.1 Å². The number of benzene rings is 1. The third kappa shape index (κ3) is 1.94. The van der Waals surface area contributed by atoms with Crippen LogP contribution in [0.3, 0.4) is 0 Å². The van der Waals surface area contributed by atoms with Crippen molar-refractivity contribution in [3.63, 3.8) is 0 Å². The molecule has 1 aromatic carbocycles. The van der Waals surface area contributed by atoms with Crippen LogP contribution in [-0.4, -0.2) is 31.8 Å². The average molecular weight is 269 g/mol. The largest absolute Gasteiger partial charge is 0.454 e. The van der Waals surface area contributed by atoms with Crippen molar-refractivity contribution in [2.75, 3.05) is 26.9 Å². The maximum Gasteiger partial charge on any atom is 0.231 e. The van der Waals surface area contributed by atoms with Crippen LogP contribution in [-0.2, 0) is 0 Å². The Morgan fingerprint density at radius 2 is 2.11 bits per heavy atom. The summed E-state index contributed by atoms with van der Waals surface area (Å²) >= 11 is 6.35. The van der Waals surface area contributed by atoms with Crippen molar-refractivity contribution in [2.45, 2.75) is 12.5 Å². The predicted molar refractivity (Wildman–Crippen MR) is 70.1 cm³/mol. The lowest BCUT2D eigenvalue weighted by atomic mass is 9.99. The van der Waals surface area contributed by atoms with Crippen LogP contribution in [0.4, 0.5) is 0 Å². The number of rotatable bonds is 2. The third-order valence-electron chi connectivity index (χ3n) is 3.82. The Hall–Kier alpha value is -0.970. The van der Waals surface area contributed by atoms with Crippen LogP contribution in [0.2, 0.25) is 5.02 Å². The minimum absolute atomic E-state index is 0.279. The number of hydrogen-bond acceptors (Lipinski definition) is 4. The van der Waals surface area contributed by atoms with E-state index in [4.69, 9.17) is 26.8 Å². The molecule has 5 heteroatoms. The van der Waals surface area contributed by atoms with Gasteiger partial charge in [-0.2, -0.15) is 0 Å². The topological polar surface area (TPSA) is 47.7 Å². The fourth-order valence-electron chi connectivity index (χ4n) is 2.83. The molecule has 2 atom stereocenters. The number of likely N-dealkylation sites (tertiary alicyclic amines) is 1. The molecular weight excluding hydrogens is 252 g/mol. The van der Waals surface area contributed by atoms with E-state index in [1.165, 1.54) is 0 Å². The molecule has 0 aromatic heterocycles. The van der Waals surface area contributed by atoms with Crippen LogP contribution in [0, 0.1) is 5.92 Å². The Morgan fingerprint density at radius 1 is 1.39 bits per heavy atom. The predicted octanol–water partition coefficient (Wildman–Crippen LogP) is 2.02. The van der Waals surface area contributed by atoms with Crippen molar-refractivity contribution >= 4 is 11.6 Å². The molecule has 0 radical (unpaired) electrons. The molecule has 2 N–H and O–H groups in total. The molecule has 0 saturated carbocycles. The molecule has 0 bridgehead atoms. The number of halogens is 1. The fraction of sp³-hybridized carbons (Fsp3) is 0.538. The van der Waals surface area contributed by atoms with E-state index < -0.39 is 0 Å². The Kier molecular flexibility index (Phi) is 3.09. The van der Waals surface area contributed by atoms with Crippen molar-refractivity contribution < 1.29 is 9.47 Å². The lowest BCUT2D eigenvalue weighted by Crippen LogP contribution is -2.20. The van der Waals surface area contributed by atoms with Gasteiger partial charge in [0.2, 0.25) is 6.79 Å². The van der Waals surface area contributed by atoms with E-state index in [1.807, 2.05) is 12.1 Å². The highest BCUT2D eigenvalue weighted by molar-refractivity contribution is 6.31. The summed E-state index contributed by atoms with van der Waals surface area (Å²) in [6.45, 7) is 2.02. The molecule has 2 heterocycles. The molecule has 0 spiro atoms. The monoisotopic (exact) mass is 268 g/mol. The highest BCUT2D eigenvalue weighted by Crippen LogP contribution is 2.43. The Labute approximate surface area is 112 Å². The van der Waals surface area contributed by atoms with Crippen LogP contribution >= 0.6 is 11.6 Å². The third-order valence-corrected chi connectivity index (χ3v) is 4.15. The van der Waals surface area contributed by atoms with Gasteiger partial charge in [-0.1, -0.05) is 11.6 Å². The number of hydrogen-bond donors (Lipinski definition) is 1. The smallest absolute Gasteiger partial charge is 0.231 e. The van der Waals surface area contributed by atoms with Gasteiger partial charge in [0.1, 0.15) is 0 Å². The molecule has 4 nitrogen and oxygen atoms in total. The Morgan fingerprint density at radius 3 is 2.78 bits per heavy atom. The molecule has 2 aliphatic rings. The Balaban J connectivity index is 1.92. The number of nitrogens with zero attached hydrogens (tertiary/aromatic N) is 1. The molecule has 1 fully saturated rings. The van der Waals surface area contributed by atoms with E-state index in [9.17, 15) is 0 Å². The molecule has 18 heavy (non-hydrogen) atoms. The summed E-state index contributed by atoms with van der Waals surface area (Å²) in [4.78, 5) is 2.31. The van der Waals surface area contributed by atoms with Gasteiger partial charge in [0.05, 0.1) is 0 Å². The lowest BCUT2D eigenvalue weighted by molar-refractivity contribution is 0.174. The standard InChI is InChI=1S/C13H17ClN2O2/c1-16-6-8(5-15)2-11(16)9-3-12-13(4-10(9)14)18-7-17-12/h3-4,8,11H,2,5-7,15H2,1H3. The molecule has 1 aromatic rings. The van der Waals surface area contributed by atoms with Gasteiger partial charge in [-0.15, -0.1) is 0 Å². The zero-order chi connectivity index (χ0) is 12.7. The zero-order valence-corrected chi connectivity index (χ0v) is 11.1. The summed E-state index contributed by atoms with van der Waals surface area (Å²) < 4.78 is 10.7. The summed E-state index contributed by atoms with van der Waals surface area (Å²) in [7, 11) is 2.11. The molecule has 0 aliphatic carbocycles. The van der Waals surface area contributed by atoms with Crippen LogP contribution in [0.5, 0.6) is 11.5 Å². The van der Waals surface area contributed by atoms with Gasteiger partial charge in [-0.05, 0) is 37.6 Å². The first kappa shape index (κ1) is 12.1. The van der Waals surface area contributed by atoms with E-state index in [0.717, 1.165) is 41.6 Å². The molecule has 0 amide bonds. The second kappa shape index (κ2) is 4.61. The summed E-state index contributed by atoms with van der Waals surface area (Å²) in [5, 5.41) is 0.744. The summed E-state index contributed by atoms with van der Waals surface area (Å²) in [5.74, 6) is 2.07. The molecule has 2 aliphatic heterocycles. The lowest BCUT2D eigenvalue weighted by Gasteiger charge is -2.21. The maximum absolute atomic E-state index is 6.35. The highest BCUT2D eigenvalue weighted by atomic mass is 35.5. The van der Waals surface area contributed by atoms with E-state index in [-0.39, 0.29) is 6.79 Å². The minimum Gasteiger partial charge on any atom is -0.454 e. The molecule has 3 rings (SSSR count).